The zero-order valence-corrected chi connectivity index (χ0v) is 15.6. The number of carbonyl (C=O) groups excluding carboxylic acids is 2. The zero-order valence-electron chi connectivity index (χ0n) is 15.6. The molecule has 152 valence electrons. The lowest BCUT2D eigenvalue weighted by Crippen LogP contribution is -2.45. The van der Waals surface area contributed by atoms with Crippen molar-refractivity contribution in [1.29, 1.82) is 0 Å². The first-order chi connectivity index (χ1) is 13.8. The minimum Gasteiger partial charge on any atom is -0.489 e. The predicted molar refractivity (Wildman–Crippen MR) is 101 cm³/mol. The molecule has 2 aliphatic heterocycles. The molecule has 1 unspecified atom stereocenters. The van der Waals surface area contributed by atoms with Crippen LogP contribution in [0, 0.1) is 18.6 Å². The number of anilines is 2. The Bertz CT molecular complexity index is 1010. The van der Waals surface area contributed by atoms with Crippen molar-refractivity contribution in [2.75, 3.05) is 23.4 Å². The molecule has 3 N–H and O–H groups in total. The fourth-order valence-electron chi connectivity index (χ4n) is 3.68. The first-order valence-corrected chi connectivity index (χ1v) is 9.05. The van der Waals surface area contributed by atoms with Gasteiger partial charge in [0.15, 0.2) is 12.4 Å². The fourth-order valence-corrected chi connectivity index (χ4v) is 3.68. The highest BCUT2D eigenvalue weighted by molar-refractivity contribution is 5.96. The van der Waals surface area contributed by atoms with Crippen LogP contribution < -0.4 is 25.4 Å². The van der Waals surface area contributed by atoms with Crippen LogP contribution in [-0.4, -0.2) is 31.1 Å². The van der Waals surface area contributed by atoms with Crippen LogP contribution in [0.25, 0.3) is 0 Å². The Kier molecular flexibility index (Phi) is 4.73. The Labute approximate surface area is 165 Å². The van der Waals surface area contributed by atoms with Crippen LogP contribution in [0.3, 0.4) is 0 Å². The zero-order chi connectivity index (χ0) is 20.7. The predicted octanol–water partition coefficient (Wildman–Crippen LogP) is 2.25. The average Bonchev–Trinajstić information content (AvgIpc) is 2.65. The van der Waals surface area contributed by atoms with Crippen LogP contribution in [0.2, 0.25) is 0 Å². The molecule has 29 heavy (non-hydrogen) atoms. The highest BCUT2D eigenvalue weighted by Gasteiger charge is 2.33. The maximum absolute atomic E-state index is 14.7. The summed E-state index contributed by atoms with van der Waals surface area (Å²) in [7, 11) is 0. The molecule has 2 aromatic rings. The summed E-state index contributed by atoms with van der Waals surface area (Å²) >= 11 is 0. The molecule has 0 radical (unpaired) electrons. The number of primary amides is 1. The molecule has 1 atom stereocenters. The highest BCUT2D eigenvalue weighted by Crippen LogP contribution is 2.40. The number of benzene rings is 2. The van der Waals surface area contributed by atoms with Gasteiger partial charge in [-0.1, -0.05) is 6.07 Å². The van der Waals surface area contributed by atoms with Crippen LogP contribution in [0.5, 0.6) is 11.5 Å². The smallest absolute Gasteiger partial charge is 0.262 e. The van der Waals surface area contributed by atoms with Crippen molar-refractivity contribution in [2.45, 2.75) is 25.9 Å². The number of hydrogen-bond acceptors (Lipinski definition) is 5. The third-order valence-corrected chi connectivity index (χ3v) is 5.09. The molecule has 0 fully saturated rings. The second-order valence-corrected chi connectivity index (χ2v) is 7.06. The molecule has 2 aromatic carbocycles. The molecule has 2 aliphatic rings. The number of nitrogens with zero attached hydrogens (tertiary/aromatic N) is 1. The van der Waals surface area contributed by atoms with Gasteiger partial charge in [-0.25, -0.2) is 8.78 Å². The maximum atomic E-state index is 14.7. The van der Waals surface area contributed by atoms with Crippen molar-refractivity contribution in [3.63, 3.8) is 0 Å². The summed E-state index contributed by atoms with van der Waals surface area (Å²) in [4.78, 5) is 24.9. The van der Waals surface area contributed by atoms with Crippen LogP contribution in [0.4, 0.5) is 20.2 Å². The number of rotatable bonds is 4. The summed E-state index contributed by atoms with van der Waals surface area (Å²) in [5.74, 6) is -1.74. The van der Waals surface area contributed by atoms with E-state index in [1.54, 1.807) is 11.0 Å². The minimum atomic E-state index is -0.790. The Morgan fingerprint density at radius 1 is 1.28 bits per heavy atom. The number of fused-ring (bicyclic) bond motifs is 2. The molecule has 0 saturated carbocycles. The van der Waals surface area contributed by atoms with Crippen molar-refractivity contribution < 1.29 is 27.8 Å². The molecule has 7 nitrogen and oxygen atoms in total. The largest absolute Gasteiger partial charge is 0.489 e. The molecule has 2 heterocycles. The van der Waals surface area contributed by atoms with E-state index in [0.29, 0.717) is 11.4 Å². The van der Waals surface area contributed by atoms with Gasteiger partial charge in [-0.05, 0) is 24.1 Å². The van der Waals surface area contributed by atoms with Crippen molar-refractivity contribution in [3.8, 4) is 11.5 Å². The van der Waals surface area contributed by atoms with Gasteiger partial charge in [-0.3, -0.25) is 9.59 Å². The lowest BCUT2D eigenvalue weighted by Gasteiger charge is -2.39. The summed E-state index contributed by atoms with van der Waals surface area (Å²) in [6.07, 6.45) is -0.0555. The standard InChI is InChI=1S/C20H19F2N3O4/c1-10-11(2-3-15-19(10)24-18(27)9-29-15)7-25-13(6-17(23)26)8-28-16-5-12(21)4-14(22)20(16)25/h2-5,13H,6-9H2,1H3,(H2,23,26)(H,24,27). The third-order valence-electron chi connectivity index (χ3n) is 5.09. The lowest BCUT2D eigenvalue weighted by molar-refractivity contribution is -0.119. The van der Waals surface area contributed by atoms with Gasteiger partial charge in [-0.15, -0.1) is 0 Å². The minimum absolute atomic E-state index is 0.0555. The Hall–Kier alpha value is -3.36. The fraction of sp³-hybridized carbons (Fsp3) is 0.300. The summed E-state index contributed by atoms with van der Waals surface area (Å²) in [6.45, 7) is 2.02. The van der Waals surface area contributed by atoms with E-state index in [1.165, 1.54) is 0 Å². The first kappa shape index (κ1) is 19.0. The van der Waals surface area contributed by atoms with Gasteiger partial charge >= 0.3 is 0 Å². The van der Waals surface area contributed by atoms with E-state index in [4.69, 9.17) is 15.2 Å². The highest BCUT2D eigenvalue weighted by atomic mass is 19.1. The summed E-state index contributed by atoms with van der Waals surface area (Å²) in [6, 6.07) is 4.89. The van der Waals surface area contributed by atoms with E-state index in [1.807, 2.05) is 13.0 Å². The normalized spacial score (nSPS) is 17.6. The van der Waals surface area contributed by atoms with E-state index < -0.39 is 23.6 Å². The number of nitrogens with two attached hydrogens (primary N) is 1. The van der Waals surface area contributed by atoms with E-state index in [-0.39, 0.29) is 43.5 Å². The van der Waals surface area contributed by atoms with E-state index >= 15 is 0 Å². The Morgan fingerprint density at radius 3 is 2.83 bits per heavy atom. The van der Waals surface area contributed by atoms with Crippen molar-refractivity contribution in [2.24, 2.45) is 5.73 Å². The molecular formula is C20H19F2N3O4. The van der Waals surface area contributed by atoms with E-state index in [2.05, 4.69) is 5.32 Å². The number of hydrogen-bond donors (Lipinski definition) is 2. The average molecular weight is 403 g/mol. The molecule has 4 rings (SSSR count). The number of carbonyl (C=O) groups is 2. The second kappa shape index (κ2) is 7.23. The molecule has 0 saturated heterocycles. The van der Waals surface area contributed by atoms with Crippen LogP contribution in [0.1, 0.15) is 17.5 Å². The molecule has 0 bridgehead atoms. The van der Waals surface area contributed by atoms with Gasteiger partial charge in [0.05, 0.1) is 18.2 Å². The molecule has 0 aromatic heterocycles. The van der Waals surface area contributed by atoms with Crippen LogP contribution in [-0.2, 0) is 16.1 Å². The first-order valence-electron chi connectivity index (χ1n) is 9.05. The monoisotopic (exact) mass is 403 g/mol. The molecule has 2 amide bonds. The summed E-state index contributed by atoms with van der Waals surface area (Å²) < 4.78 is 39.2. The van der Waals surface area contributed by atoms with Crippen molar-refractivity contribution >= 4 is 23.2 Å². The topological polar surface area (TPSA) is 93.9 Å². The quantitative estimate of drug-likeness (QED) is 0.817. The molecule has 9 heteroatoms. The molecule has 0 spiro atoms. The summed E-state index contributed by atoms with van der Waals surface area (Å²) in [5, 5.41) is 2.78. The maximum Gasteiger partial charge on any atom is 0.262 e. The second-order valence-electron chi connectivity index (χ2n) is 7.06. The van der Waals surface area contributed by atoms with E-state index in [0.717, 1.165) is 23.3 Å². The van der Waals surface area contributed by atoms with Gasteiger partial charge in [0.25, 0.3) is 5.91 Å². The number of ether oxygens (including phenoxy) is 2. The Morgan fingerprint density at radius 2 is 2.07 bits per heavy atom. The van der Waals surface area contributed by atoms with Gasteiger partial charge in [0, 0.05) is 18.7 Å². The van der Waals surface area contributed by atoms with E-state index in [9.17, 15) is 18.4 Å². The SMILES string of the molecule is Cc1c(CN2c3c(F)cc(F)cc3OCC2CC(N)=O)ccc2c1NC(=O)CO2. The van der Waals surface area contributed by atoms with Crippen molar-refractivity contribution in [1.82, 2.24) is 0 Å². The number of halogens is 2. The number of amides is 2. The third kappa shape index (κ3) is 3.55. The molecule has 0 aliphatic carbocycles. The lowest BCUT2D eigenvalue weighted by atomic mass is 10.0. The molecular weight excluding hydrogens is 384 g/mol. The van der Waals surface area contributed by atoms with Crippen LogP contribution >= 0.6 is 0 Å². The van der Waals surface area contributed by atoms with Crippen molar-refractivity contribution in [3.05, 3.63) is 47.0 Å². The van der Waals surface area contributed by atoms with Gasteiger partial charge in [0.1, 0.15) is 29.6 Å². The summed E-state index contributed by atoms with van der Waals surface area (Å²) in [5.41, 5.74) is 7.52. The van der Waals surface area contributed by atoms with Crippen LogP contribution in [0.15, 0.2) is 24.3 Å². The van der Waals surface area contributed by atoms with Gasteiger partial charge in [0.2, 0.25) is 5.91 Å². The van der Waals surface area contributed by atoms with Gasteiger partial charge < -0.3 is 25.4 Å². The number of nitrogens with one attached hydrogen (secondary N) is 1. The Balaban J connectivity index is 1.75. The van der Waals surface area contributed by atoms with Gasteiger partial charge in [-0.2, -0.15) is 0 Å².